The van der Waals surface area contributed by atoms with E-state index in [1.807, 2.05) is 0 Å². The number of carbonyl (C=O) groups excluding carboxylic acids is 1. The molecular formula is C27H40O11. The highest BCUT2D eigenvalue weighted by atomic mass is 16.7. The summed E-state index contributed by atoms with van der Waals surface area (Å²) >= 11 is 0. The van der Waals surface area contributed by atoms with Crippen LogP contribution in [0.5, 0.6) is 0 Å². The molecule has 2 aliphatic heterocycles. The van der Waals surface area contributed by atoms with Crippen molar-refractivity contribution in [2.24, 2.45) is 40.4 Å². The minimum absolute atomic E-state index is 0.0753. The summed E-state index contributed by atoms with van der Waals surface area (Å²) in [6, 6.07) is 0. The zero-order valence-electron chi connectivity index (χ0n) is 21.6. The third kappa shape index (κ3) is 3.69. The smallest absolute Gasteiger partial charge is 0.335 e. The van der Waals surface area contributed by atoms with Gasteiger partial charge in [-0.2, -0.15) is 0 Å². The van der Waals surface area contributed by atoms with Gasteiger partial charge in [-0.15, -0.1) is 0 Å². The Labute approximate surface area is 221 Å². The standard InChI is InChI=1S/C27H40O11/c1-26-7-6-12(36-24-21(32)19(30)20(31)22(38-24)23(33)34)8-11(26)2-3-13-14-4-5-15(16(29)10-28)27(14)9-17(18(13)26)37-25(27)35/h11-15,17-22,24-25,28,30-32,35H,2-10H2,1H3,(H,33,34)/t11-,12?,13+,14+,15-,17+,18-,19-,20+,21-,22+,24-,25+,26+,27-/m1/s1. The predicted molar refractivity (Wildman–Crippen MR) is 127 cm³/mol. The number of Topliss-reactive ketones (excluding diaryl/α,β-unsaturated/α-hetero) is 1. The molecule has 0 aromatic carbocycles. The van der Waals surface area contributed by atoms with Crippen molar-refractivity contribution in [2.75, 3.05) is 6.61 Å². The van der Waals surface area contributed by atoms with E-state index in [4.69, 9.17) is 14.2 Å². The number of carboxylic acids is 1. The molecule has 0 aromatic heterocycles. The van der Waals surface area contributed by atoms with Gasteiger partial charge in [0, 0.05) is 11.3 Å². The Hall–Kier alpha value is -1.18. The minimum Gasteiger partial charge on any atom is -0.479 e. The van der Waals surface area contributed by atoms with Gasteiger partial charge in [0.1, 0.15) is 24.9 Å². The Kier molecular flexibility index (Phi) is 6.71. The molecule has 2 saturated heterocycles. The maximum atomic E-state index is 12.6. The van der Waals surface area contributed by atoms with E-state index in [9.17, 15) is 40.2 Å². The van der Waals surface area contributed by atoms with Gasteiger partial charge in [-0.1, -0.05) is 6.92 Å². The number of carboxylic acid groups (broad SMARTS) is 1. The molecule has 11 nitrogen and oxygen atoms in total. The summed E-state index contributed by atoms with van der Waals surface area (Å²) in [5.74, 6) is -0.976. The molecule has 6 aliphatic rings. The van der Waals surface area contributed by atoms with E-state index >= 15 is 0 Å². The summed E-state index contributed by atoms with van der Waals surface area (Å²) in [6.07, 6.45) is -3.32. The first-order valence-electron chi connectivity index (χ1n) is 14.1. The predicted octanol–water partition coefficient (Wildman–Crippen LogP) is -0.209. The lowest BCUT2D eigenvalue weighted by molar-refractivity contribution is -0.310. The molecule has 38 heavy (non-hydrogen) atoms. The highest BCUT2D eigenvalue weighted by Gasteiger charge is 2.71. The van der Waals surface area contributed by atoms with Crippen LogP contribution < -0.4 is 0 Å². The van der Waals surface area contributed by atoms with Crippen LogP contribution in [-0.2, 0) is 23.8 Å². The first-order valence-corrected chi connectivity index (χ1v) is 14.1. The highest BCUT2D eigenvalue weighted by molar-refractivity contribution is 5.83. The second-order valence-electron chi connectivity index (χ2n) is 12.9. The molecule has 11 heteroatoms. The normalized spacial score (nSPS) is 55.6. The largest absolute Gasteiger partial charge is 0.479 e. The van der Waals surface area contributed by atoms with E-state index < -0.39 is 55.0 Å². The number of fused-ring (bicyclic) bond motifs is 6. The molecule has 2 bridgehead atoms. The van der Waals surface area contributed by atoms with Crippen LogP contribution in [0.3, 0.4) is 0 Å². The van der Waals surface area contributed by atoms with E-state index in [-0.39, 0.29) is 47.1 Å². The van der Waals surface area contributed by atoms with Crippen LogP contribution in [0.25, 0.3) is 0 Å². The average Bonchev–Trinajstić information content (AvgIpc) is 3.41. The Morgan fingerprint density at radius 3 is 2.45 bits per heavy atom. The second-order valence-corrected chi connectivity index (χ2v) is 12.9. The molecule has 6 N–H and O–H groups in total. The Bertz CT molecular complexity index is 959. The fraction of sp³-hybridized carbons (Fsp3) is 0.926. The molecule has 0 aromatic rings. The fourth-order valence-electron chi connectivity index (χ4n) is 9.93. The monoisotopic (exact) mass is 540 g/mol. The molecule has 6 rings (SSSR count). The highest BCUT2D eigenvalue weighted by Crippen LogP contribution is 2.71. The Morgan fingerprint density at radius 2 is 1.74 bits per heavy atom. The quantitative estimate of drug-likeness (QED) is 0.254. The number of ether oxygens (including phenoxy) is 3. The summed E-state index contributed by atoms with van der Waals surface area (Å²) < 4.78 is 17.6. The average molecular weight is 541 g/mol. The van der Waals surface area contributed by atoms with Crippen LogP contribution in [0.2, 0.25) is 0 Å². The number of rotatable bonds is 5. The first-order chi connectivity index (χ1) is 18.0. The van der Waals surface area contributed by atoms with Crippen LogP contribution in [0.4, 0.5) is 0 Å². The van der Waals surface area contributed by atoms with E-state index in [1.165, 1.54) is 0 Å². The van der Waals surface area contributed by atoms with Gasteiger partial charge >= 0.3 is 5.97 Å². The number of aliphatic carboxylic acids is 1. The molecule has 1 spiro atoms. The third-order valence-electron chi connectivity index (χ3n) is 11.6. The minimum atomic E-state index is -1.75. The number of hydrogen-bond acceptors (Lipinski definition) is 10. The molecule has 2 heterocycles. The van der Waals surface area contributed by atoms with Crippen molar-refractivity contribution in [2.45, 2.75) is 107 Å². The molecule has 214 valence electrons. The maximum absolute atomic E-state index is 12.6. The Balaban J connectivity index is 1.18. The summed E-state index contributed by atoms with van der Waals surface area (Å²) in [7, 11) is 0. The number of aliphatic hydroxyl groups excluding tert-OH is 5. The van der Waals surface area contributed by atoms with E-state index in [0.717, 1.165) is 25.7 Å². The molecule has 0 radical (unpaired) electrons. The summed E-state index contributed by atoms with van der Waals surface area (Å²) in [5.41, 5.74) is -0.677. The SMILES string of the molecule is C[C@]12CCC(O[C@@H]3O[C@H](C(=O)O)[C@@H](O)[C@@H](O)[C@H]3O)C[C@H]1CC[C@@H]1[C@@H]2[C@@H]2C[C@@]3([C@@H](C(=O)CO)CC[C@@H]13)[C@@H](O)O2. The summed E-state index contributed by atoms with van der Waals surface area (Å²) in [6.45, 7) is 1.79. The zero-order chi connectivity index (χ0) is 27.1. The maximum Gasteiger partial charge on any atom is 0.335 e. The van der Waals surface area contributed by atoms with Crippen molar-refractivity contribution in [3.63, 3.8) is 0 Å². The van der Waals surface area contributed by atoms with Crippen LogP contribution >= 0.6 is 0 Å². The molecule has 15 atom stereocenters. The summed E-state index contributed by atoms with van der Waals surface area (Å²) in [5, 5.41) is 60.6. The van der Waals surface area contributed by atoms with Crippen molar-refractivity contribution in [3.05, 3.63) is 0 Å². The fourth-order valence-corrected chi connectivity index (χ4v) is 9.93. The van der Waals surface area contributed by atoms with Gasteiger partial charge in [0.15, 0.2) is 24.5 Å². The van der Waals surface area contributed by atoms with Crippen molar-refractivity contribution >= 4 is 11.8 Å². The van der Waals surface area contributed by atoms with E-state index in [1.54, 1.807) is 0 Å². The zero-order valence-corrected chi connectivity index (χ0v) is 21.6. The van der Waals surface area contributed by atoms with Gasteiger partial charge in [-0.25, -0.2) is 4.79 Å². The van der Waals surface area contributed by atoms with Gasteiger partial charge in [0.25, 0.3) is 0 Å². The van der Waals surface area contributed by atoms with Gasteiger partial charge in [0.2, 0.25) is 0 Å². The summed E-state index contributed by atoms with van der Waals surface area (Å²) in [4.78, 5) is 24.1. The number of ketones is 1. The van der Waals surface area contributed by atoms with E-state index in [2.05, 4.69) is 6.92 Å². The number of aliphatic hydroxyl groups is 5. The van der Waals surface area contributed by atoms with Crippen molar-refractivity contribution in [1.82, 2.24) is 0 Å². The van der Waals surface area contributed by atoms with Crippen molar-refractivity contribution in [1.29, 1.82) is 0 Å². The topological polar surface area (TPSA) is 183 Å². The third-order valence-corrected chi connectivity index (χ3v) is 11.6. The molecule has 6 fully saturated rings. The van der Waals surface area contributed by atoms with Crippen molar-refractivity contribution < 1.29 is 54.4 Å². The molecule has 4 aliphatic carbocycles. The lowest BCUT2D eigenvalue weighted by Crippen LogP contribution is -2.61. The van der Waals surface area contributed by atoms with Gasteiger partial charge < -0.3 is 44.8 Å². The van der Waals surface area contributed by atoms with Gasteiger partial charge in [0.05, 0.1) is 12.2 Å². The molecule has 0 amide bonds. The van der Waals surface area contributed by atoms with Crippen molar-refractivity contribution in [3.8, 4) is 0 Å². The van der Waals surface area contributed by atoms with Crippen LogP contribution in [0.15, 0.2) is 0 Å². The molecular weight excluding hydrogens is 500 g/mol. The van der Waals surface area contributed by atoms with Gasteiger partial charge in [-0.3, -0.25) is 4.79 Å². The number of hydrogen-bond donors (Lipinski definition) is 6. The molecule has 1 unspecified atom stereocenters. The lowest BCUT2D eigenvalue weighted by atomic mass is 9.44. The first kappa shape index (κ1) is 27.0. The van der Waals surface area contributed by atoms with Crippen LogP contribution in [0.1, 0.15) is 58.3 Å². The van der Waals surface area contributed by atoms with E-state index in [0.29, 0.717) is 31.6 Å². The number of carbonyl (C=O) groups is 2. The van der Waals surface area contributed by atoms with Gasteiger partial charge in [-0.05, 0) is 80.5 Å². The van der Waals surface area contributed by atoms with Crippen LogP contribution in [-0.4, -0.2) is 98.2 Å². The Morgan fingerprint density at radius 1 is 0.974 bits per heavy atom. The molecule has 4 saturated carbocycles. The lowest BCUT2D eigenvalue weighted by Gasteiger charge is -2.60. The second kappa shape index (κ2) is 9.44. The van der Waals surface area contributed by atoms with Crippen LogP contribution in [0, 0.1) is 40.4 Å².